The molecular formula is C14H25N3. The number of hydrogen-bond donors (Lipinski definition) is 1. The lowest BCUT2D eigenvalue weighted by molar-refractivity contribution is 0.464. The van der Waals surface area contributed by atoms with Gasteiger partial charge in [-0.2, -0.15) is 0 Å². The second-order valence-corrected chi connectivity index (χ2v) is 4.53. The lowest BCUT2D eigenvalue weighted by Gasteiger charge is -2.18. The molecule has 0 aliphatic carbocycles. The molecule has 17 heavy (non-hydrogen) atoms. The van der Waals surface area contributed by atoms with Gasteiger partial charge in [0.15, 0.2) is 0 Å². The van der Waals surface area contributed by atoms with Crippen LogP contribution in [0.2, 0.25) is 0 Å². The fourth-order valence-corrected chi connectivity index (χ4v) is 1.94. The Labute approximate surface area is 105 Å². The molecule has 1 aromatic heterocycles. The number of unbranched alkanes of at least 4 members (excludes halogenated alkanes) is 2. The molecule has 1 N–H and O–H groups in total. The van der Waals surface area contributed by atoms with Gasteiger partial charge in [-0.25, -0.2) is 9.97 Å². The summed E-state index contributed by atoms with van der Waals surface area (Å²) in [6, 6.07) is 2.43. The molecule has 0 amide bonds. The van der Waals surface area contributed by atoms with Gasteiger partial charge in [-0.1, -0.05) is 33.1 Å². The number of nitrogens with zero attached hydrogens (tertiary/aromatic N) is 2. The summed E-state index contributed by atoms with van der Waals surface area (Å²) >= 11 is 0. The van der Waals surface area contributed by atoms with Crippen molar-refractivity contribution in [3.8, 4) is 0 Å². The minimum absolute atomic E-state index is 0.392. The first kappa shape index (κ1) is 14.1. The predicted molar refractivity (Wildman–Crippen MR) is 71.9 cm³/mol. The number of aryl methyl sites for hydroxylation is 1. The van der Waals surface area contributed by atoms with E-state index in [9.17, 15) is 0 Å². The van der Waals surface area contributed by atoms with Crippen LogP contribution in [-0.4, -0.2) is 16.5 Å². The van der Waals surface area contributed by atoms with Crippen LogP contribution in [0.4, 0.5) is 0 Å². The van der Waals surface area contributed by atoms with Crippen LogP contribution in [0.5, 0.6) is 0 Å². The monoisotopic (exact) mass is 235 g/mol. The Bertz CT molecular complexity index is 312. The molecule has 0 bridgehead atoms. The Hall–Kier alpha value is -0.960. The van der Waals surface area contributed by atoms with Crippen molar-refractivity contribution in [3.63, 3.8) is 0 Å². The maximum atomic E-state index is 4.53. The van der Waals surface area contributed by atoms with Crippen molar-refractivity contribution in [1.29, 1.82) is 0 Å². The van der Waals surface area contributed by atoms with Crippen LogP contribution in [0.25, 0.3) is 0 Å². The van der Waals surface area contributed by atoms with Crippen LogP contribution in [0, 0.1) is 6.92 Å². The molecule has 0 aliphatic heterocycles. The van der Waals surface area contributed by atoms with Crippen molar-refractivity contribution >= 4 is 0 Å². The smallest absolute Gasteiger partial charge is 0.125 e. The van der Waals surface area contributed by atoms with Crippen LogP contribution in [-0.2, 0) is 0 Å². The van der Waals surface area contributed by atoms with E-state index in [2.05, 4.69) is 29.1 Å². The summed E-state index contributed by atoms with van der Waals surface area (Å²) in [5, 5.41) is 3.58. The fourth-order valence-electron chi connectivity index (χ4n) is 1.94. The molecule has 1 rings (SSSR count). The third-order valence-electron chi connectivity index (χ3n) is 2.89. The Morgan fingerprint density at radius 1 is 1.24 bits per heavy atom. The zero-order valence-electron chi connectivity index (χ0n) is 11.4. The zero-order valence-corrected chi connectivity index (χ0v) is 11.4. The summed E-state index contributed by atoms with van der Waals surface area (Å²) < 4.78 is 0. The molecule has 0 spiro atoms. The first-order valence-corrected chi connectivity index (χ1v) is 6.80. The van der Waals surface area contributed by atoms with Gasteiger partial charge in [0.25, 0.3) is 0 Å². The summed E-state index contributed by atoms with van der Waals surface area (Å²) in [5.41, 5.74) is 1.14. The summed E-state index contributed by atoms with van der Waals surface area (Å²) in [7, 11) is 0. The molecule has 3 nitrogen and oxygen atoms in total. The van der Waals surface area contributed by atoms with E-state index in [-0.39, 0.29) is 0 Å². The van der Waals surface area contributed by atoms with E-state index in [1.165, 1.54) is 25.7 Å². The highest BCUT2D eigenvalue weighted by Gasteiger charge is 2.11. The third kappa shape index (κ3) is 5.26. The Morgan fingerprint density at radius 3 is 2.71 bits per heavy atom. The normalized spacial score (nSPS) is 12.6. The minimum Gasteiger partial charge on any atom is -0.309 e. The summed E-state index contributed by atoms with van der Waals surface area (Å²) in [6.07, 6.45) is 8.02. The van der Waals surface area contributed by atoms with Gasteiger partial charge in [0.2, 0.25) is 0 Å². The minimum atomic E-state index is 0.392. The number of nitrogens with one attached hydrogen (secondary N) is 1. The highest BCUT2D eigenvalue weighted by Crippen LogP contribution is 2.17. The lowest BCUT2D eigenvalue weighted by Crippen LogP contribution is -2.23. The number of hydrogen-bond acceptors (Lipinski definition) is 3. The third-order valence-corrected chi connectivity index (χ3v) is 2.89. The Balaban J connectivity index is 2.60. The van der Waals surface area contributed by atoms with Crippen LogP contribution < -0.4 is 5.32 Å². The maximum Gasteiger partial charge on any atom is 0.125 e. The van der Waals surface area contributed by atoms with Gasteiger partial charge >= 0.3 is 0 Å². The van der Waals surface area contributed by atoms with E-state index in [4.69, 9.17) is 0 Å². The fraction of sp³-hybridized carbons (Fsp3) is 0.714. The van der Waals surface area contributed by atoms with E-state index in [0.717, 1.165) is 24.5 Å². The Kier molecular flexibility index (Phi) is 6.78. The van der Waals surface area contributed by atoms with E-state index >= 15 is 0 Å². The molecule has 1 atom stereocenters. The lowest BCUT2D eigenvalue weighted by atomic mass is 10.0. The van der Waals surface area contributed by atoms with Crippen molar-refractivity contribution in [2.24, 2.45) is 0 Å². The van der Waals surface area contributed by atoms with Crippen LogP contribution in [0.15, 0.2) is 12.3 Å². The molecule has 0 radical (unpaired) electrons. The van der Waals surface area contributed by atoms with Gasteiger partial charge in [-0.05, 0) is 32.4 Å². The molecule has 1 aromatic rings. The van der Waals surface area contributed by atoms with Gasteiger partial charge < -0.3 is 5.32 Å². The van der Waals surface area contributed by atoms with Crippen molar-refractivity contribution in [2.45, 2.75) is 58.9 Å². The molecule has 0 saturated carbocycles. The van der Waals surface area contributed by atoms with Crippen molar-refractivity contribution in [2.75, 3.05) is 6.54 Å². The van der Waals surface area contributed by atoms with Crippen molar-refractivity contribution in [1.82, 2.24) is 15.3 Å². The predicted octanol–water partition coefficient (Wildman–Crippen LogP) is 3.41. The number of aromatic nitrogens is 2. The quantitative estimate of drug-likeness (QED) is 0.702. The standard InChI is InChI=1S/C14H25N3/c1-4-6-7-8-13(16-10-5-2)14-9-11-15-12(3)17-14/h9,11,13,16H,4-8,10H2,1-3H3. The van der Waals surface area contributed by atoms with Gasteiger partial charge in [-0.3, -0.25) is 0 Å². The number of rotatable bonds is 8. The summed E-state index contributed by atoms with van der Waals surface area (Å²) in [6.45, 7) is 7.44. The second-order valence-electron chi connectivity index (χ2n) is 4.53. The zero-order chi connectivity index (χ0) is 12.5. The van der Waals surface area contributed by atoms with Gasteiger partial charge in [-0.15, -0.1) is 0 Å². The van der Waals surface area contributed by atoms with E-state index in [1.54, 1.807) is 0 Å². The molecule has 0 aromatic carbocycles. The second kappa shape index (κ2) is 8.18. The first-order chi connectivity index (χ1) is 8.27. The summed E-state index contributed by atoms with van der Waals surface area (Å²) in [4.78, 5) is 8.69. The molecule has 0 saturated heterocycles. The average molecular weight is 235 g/mol. The van der Waals surface area contributed by atoms with Gasteiger partial charge in [0, 0.05) is 12.2 Å². The van der Waals surface area contributed by atoms with Gasteiger partial charge in [0.05, 0.1) is 5.69 Å². The van der Waals surface area contributed by atoms with Crippen molar-refractivity contribution < 1.29 is 0 Å². The van der Waals surface area contributed by atoms with E-state index in [1.807, 2.05) is 19.2 Å². The molecule has 3 heteroatoms. The summed E-state index contributed by atoms with van der Waals surface area (Å²) in [5.74, 6) is 0.862. The largest absolute Gasteiger partial charge is 0.309 e. The molecule has 1 heterocycles. The first-order valence-electron chi connectivity index (χ1n) is 6.80. The SMILES string of the molecule is CCCCCC(NCCC)c1ccnc(C)n1. The molecule has 0 fully saturated rings. The maximum absolute atomic E-state index is 4.53. The molecular weight excluding hydrogens is 210 g/mol. The van der Waals surface area contributed by atoms with Crippen LogP contribution in [0.1, 0.15) is 63.5 Å². The highest BCUT2D eigenvalue weighted by atomic mass is 15.0. The van der Waals surface area contributed by atoms with Crippen LogP contribution >= 0.6 is 0 Å². The highest BCUT2D eigenvalue weighted by molar-refractivity contribution is 5.07. The van der Waals surface area contributed by atoms with Crippen molar-refractivity contribution in [3.05, 3.63) is 23.8 Å². The molecule has 1 unspecified atom stereocenters. The topological polar surface area (TPSA) is 37.8 Å². The Morgan fingerprint density at radius 2 is 2.06 bits per heavy atom. The van der Waals surface area contributed by atoms with Gasteiger partial charge in [0.1, 0.15) is 5.82 Å². The van der Waals surface area contributed by atoms with E-state index in [0.29, 0.717) is 6.04 Å². The molecule has 96 valence electrons. The average Bonchev–Trinajstić information content (AvgIpc) is 2.33. The molecule has 0 aliphatic rings. The van der Waals surface area contributed by atoms with Crippen LogP contribution in [0.3, 0.4) is 0 Å². The van der Waals surface area contributed by atoms with E-state index < -0.39 is 0 Å².